The first-order chi connectivity index (χ1) is 14.0. The SMILES string of the molecule is CCc1ccc(S(=O)(=O)Nc2ccc(-c3ccc(N4CCCCC4)nn3)cc2)s1. The van der Waals surface area contributed by atoms with Crippen molar-refractivity contribution in [2.45, 2.75) is 36.8 Å². The summed E-state index contributed by atoms with van der Waals surface area (Å²) in [5.74, 6) is 0.917. The predicted octanol–water partition coefficient (Wildman–Crippen LogP) is 4.56. The Morgan fingerprint density at radius 1 is 0.966 bits per heavy atom. The lowest BCUT2D eigenvalue weighted by atomic mass is 10.1. The molecule has 3 heterocycles. The van der Waals surface area contributed by atoms with Crippen molar-refractivity contribution in [2.75, 3.05) is 22.7 Å². The highest BCUT2D eigenvalue weighted by Crippen LogP contribution is 2.26. The molecular formula is C21H24N4O2S2. The Hall–Kier alpha value is -2.45. The second-order valence-corrected chi connectivity index (χ2v) is 10.2. The highest BCUT2D eigenvalue weighted by atomic mass is 32.2. The van der Waals surface area contributed by atoms with E-state index in [2.05, 4.69) is 19.8 Å². The first kappa shape index (κ1) is 19.8. The zero-order valence-electron chi connectivity index (χ0n) is 16.3. The Labute approximate surface area is 175 Å². The van der Waals surface area contributed by atoms with Crippen LogP contribution in [-0.4, -0.2) is 31.7 Å². The van der Waals surface area contributed by atoms with Gasteiger partial charge in [0.2, 0.25) is 0 Å². The van der Waals surface area contributed by atoms with Gasteiger partial charge in [-0.25, -0.2) is 8.42 Å². The number of nitrogens with zero attached hydrogens (tertiary/aromatic N) is 3. The molecular weight excluding hydrogens is 404 g/mol. The van der Waals surface area contributed by atoms with Crippen LogP contribution >= 0.6 is 11.3 Å². The second kappa shape index (κ2) is 8.51. The molecule has 3 aromatic rings. The van der Waals surface area contributed by atoms with Crippen LogP contribution in [0.1, 0.15) is 31.1 Å². The number of sulfonamides is 1. The van der Waals surface area contributed by atoms with Crippen LogP contribution in [0.25, 0.3) is 11.3 Å². The zero-order valence-corrected chi connectivity index (χ0v) is 18.0. The highest BCUT2D eigenvalue weighted by molar-refractivity contribution is 7.94. The van der Waals surface area contributed by atoms with E-state index in [4.69, 9.17) is 0 Å². The van der Waals surface area contributed by atoms with Gasteiger partial charge in [-0.15, -0.1) is 21.5 Å². The highest BCUT2D eigenvalue weighted by Gasteiger charge is 2.17. The van der Waals surface area contributed by atoms with Gasteiger partial charge in [0.15, 0.2) is 5.82 Å². The van der Waals surface area contributed by atoms with Crippen LogP contribution in [0, 0.1) is 0 Å². The number of aryl methyl sites for hydroxylation is 1. The van der Waals surface area contributed by atoms with Gasteiger partial charge < -0.3 is 4.90 Å². The molecule has 6 nitrogen and oxygen atoms in total. The Kier molecular flexibility index (Phi) is 5.82. The van der Waals surface area contributed by atoms with Crippen LogP contribution in [-0.2, 0) is 16.4 Å². The number of anilines is 2. The van der Waals surface area contributed by atoms with Gasteiger partial charge in [-0.3, -0.25) is 4.72 Å². The van der Waals surface area contributed by atoms with E-state index in [-0.39, 0.29) is 0 Å². The van der Waals surface area contributed by atoms with E-state index in [0.29, 0.717) is 9.90 Å². The summed E-state index contributed by atoms with van der Waals surface area (Å²) >= 11 is 1.30. The van der Waals surface area contributed by atoms with E-state index >= 15 is 0 Å². The van der Waals surface area contributed by atoms with Crippen molar-refractivity contribution in [3.63, 3.8) is 0 Å². The molecule has 0 amide bonds. The van der Waals surface area contributed by atoms with Gasteiger partial charge in [-0.2, -0.15) is 0 Å². The van der Waals surface area contributed by atoms with Crippen molar-refractivity contribution in [1.29, 1.82) is 0 Å². The van der Waals surface area contributed by atoms with E-state index in [9.17, 15) is 8.42 Å². The molecule has 8 heteroatoms. The summed E-state index contributed by atoms with van der Waals surface area (Å²) in [4.78, 5) is 3.32. The quantitative estimate of drug-likeness (QED) is 0.623. The lowest BCUT2D eigenvalue weighted by Crippen LogP contribution is -2.30. The molecule has 0 saturated carbocycles. The summed E-state index contributed by atoms with van der Waals surface area (Å²) in [5, 5.41) is 8.74. The fraction of sp³-hybridized carbons (Fsp3) is 0.333. The minimum Gasteiger partial charge on any atom is -0.355 e. The van der Waals surface area contributed by atoms with Crippen molar-refractivity contribution in [3.8, 4) is 11.3 Å². The Morgan fingerprint density at radius 2 is 1.72 bits per heavy atom. The van der Waals surface area contributed by atoms with E-state index in [1.807, 2.05) is 37.3 Å². The third-order valence-corrected chi connectivity index (χ3v) is 8.12. The molecule has 0 spiro atoms. The van der Waals surface area contributed by atoms with Crippen LogP contribution in [0.4, 0.5) is 11.5 Å². The van der Waals surface area contributed by atoms with Gasteiger partial charge in [-0.1, -0.05) is 19.1 Å². The molecule has 1 saturated heterocycles. The lowest BCUT2D eigenvalue weighted by Gasteiger charge is -2.27. The molecule has 0 atom stereocenters. The molecule has 0 bridgehead atoms. The van der Waals surface area contributed by atoms with Crippen LogP contribution in [0.2, 0.25) is 0 Å². The summed E-state index contributed by atoms with van der Waals surface area (Å²) in [6.07, 6.45) is 4.51. The van der Waals surface area contributed by atoms with Gasteiger partial charge in [0.1, 0.15) is 4.21 Å². The van der Waals surface area contributed by atoms with Crippen LogP contribution in [0.5, 0.6) is 0 Å². The minimum absolute atomic E-state index is 0.331. The van der Waals surface area contributed by atoms with E-state index in [0.717, 1.165) is 41.5 Å². The molecule has 4 rings (SSSR count). The molecule has 0 radical (unpaired) electrons. The molecule has 152 valence electrons. The number of aromatic nitrogens is 2. The number of benzene rings is 1. The number of hydrogen-bond donors (Lipinski definition) is 1. The fourth-order valence-corrected chi connectivity index (χ4v) is 5.73. The summed E-state index contributed by atoms with van der Waals surface area (Å²) in [6, 6.07) is 14.7. The maximum Gasteiger partial charge on any atom is 0.271 e. The smallest absolute Gasteiger partial charge is 0.271 e. The predicted molar refractivity (Wildman–Crippen MR) is 118 cm³/mol. The van der Waals surface area contributed by atoms with Gasteiger partial charge in [0.05, 0.1) is 5.69 Å². The minimum atomic E-state index is -3.56. The van der Waals surface area contributed by atoms with Gasteiger partial charge in [-0.05, 0) is 62.1 Å². The number of hydrogen-bond acceptors (Lipinski definition) is 6. The number of rotatable bonds is 6. The molecule has 1 aromatic carbocycles. The van der Waals surface area contributed by atoms with Crippen molar-refractivity contribution < 1.29 is 8.42 Å². The normalized spacial score (nSPS) is 14.7. The van der Waals surface area contributed by atoms with Gasteiger partial charge in [0.25, 0.3) is 10.0 Å². The molecule has 1 aliphatic rings. The summed E-state index contributed by atoms with van der Waals surface area (Å²) in [7, 11) is -3.56. The van der Waals surface area contributed by atoms with E-state index < -0.39 is 10.0 Å². The van der Waals surface area contributed by atoms with Crippen molar-refractivity contribution in [2.24, 2.45) is 0 Å². The number of piperidine rings is 1. The molecule has 1 N–H and O–H groups in total. The van der Waals surface area contributed by atoms with E-state index in [1.54, 1.807) is 18.2 Å². The number of thiophene rings is 1. The Balaban J connectivity index is 1.46. The topological polar surface area (TPSA) is 75.2 Å². The summed E-state index contributed by atoms with van der Waals surface area (Å²) in [5.41, 5.74) is 2.19. The third kappa shape index (κ3) is 4.59. The first-order valence-corrected chi connectivity index (χ1v) is 12.2. The fourth-order valence-electron chi connectivity index (χ4n) is 3.38. The van der Waals surface area contributed by atoms with E-state index in [1.165, 1.54) is 30.6 Å². The molecule has 0 unspecified atom stereocenters. The van der Waals surface area contributed by atoms with Crippen molar-refractivity contribution in [1.82, 2.24) is 10.2 Å². The second-order valence-electron chi connectivity index (χ2n) is 7.08. The van der Waals surface area contributed by atoms with Gasteiger partial charge >= 0.3 is 0 Å². The first-order valence-electron chi connectivity index (χ1n) is 9.86. The Bertz CT molecular complexity index is 1050. The zero-order chi connectivity index (χ0) is 20.3. The molecule has 1 aliphatic heterocycles. The maximum absolute atomic E-state index is 12.5. The largest absolute Gasteiger partial charge is 0.355 e. The van der Waals surface area contributed by atoms with Crippen LogP contribution < -0.4 is 9.62 Å². The lowest BCUT2D eigenvalue weighted by molar-refractivity contribution is 0.571. The molecule has 2 aromatic heterocycles. The monoisotopic (exact) mass is 428 g/mol. The summed E-state index contributed by atoms with van der Waals surface area (Å²) < 4.78 is 28.1. The van der Waals surface area contributed by atoms with Crippen molar-refractivity contribution in [3.05, 3.63) is 53.4 Å². The average Bonchev–Trinajstić information content (AvgIpc) is 3.25. The third-order valence-electron chi connectivity index (χ3n) is 5.01. The van der Waals surface area contributed by atoms with Gasteiger partial charge in [0, 0.05) is 29.2 Å². The Morgan fingerprint density at radius 3 is 2.34 bits per heavy atom. The van der Waals surface area contributed by atoms with Crippen molar-refractivity contribution >= 4 is 32.9 Å². The summed E-state index contributed by atoms with van der Waals surface area (Å²) in [6.45, 7) is 4.08. The molecule has 1 fully saturated rings. The molecule has 0 aliphatic carbocycles. The number of nitrogens with one attached hydrogen (secondary N) is 1. The molecule has 29 heavy (non-hydrogen) atoms. The van der Waals surface area contributed by atoms with Crippen LogP contribution in [0.15, 0.2) is 52.7 Å². The standard InChI is InChI=1S/C21H24N4O2S2/c1-2-18-10-13-21(28-18)29(26,27)24-17-8-6-16(7-9-17)19-11-12-20(23-22-19)25-14-4-3-5-15-25/h6-13,24H,2-5,14-15H2,1H3. The maximum atomic E-state index is 12.5. The average molecular weight is 429 g/mol. The van der Waals surface area contributed by atoms with Crippen LogP contribution in [0.3, 0.4) is 0 Å².